The number of rotatable bonds is 8. The lowest BCUT2D eigenvalue weighted by atomic mass is 9.98. The van der Waals surface area contributed by atoms with Crippen molar-refractivity contribution in [2.24, 2.45) is 5.92 Å². The summed E-state index contributed by atoms with van der Waals surface area (Å²) >= 11 is 6.04. The number of amides is 3. The summed E-state index contributed by atoms with van der Waals surface area (Å²) in [6, 6.07) is 13.5. The van der Waals surface area contributed by atoms with Crippen LogP contribution in [0.25, 0.3) is 0 Å². The summed E-state index contributed by atoms with van der Waals surface area (Å²) in [5, 5.41) is 3.51. The number of piperazine rings is 1. The number of hydrogen-bond donors (Lipinski definition) is 2. The van der Waals surface area contributed by atoms with Crippen molar-refractivity contribution < 1.29 is 27.5 Å². The van der Waals surface area contributed by atoms with Crippen LogP contribution in [0.1, 0.15) is 26.3 Å². The zero-order valence-corrected chi connectivity index (χ0v) is 25.9. The molecule has 2 fully saturated rings. The first-order valence-electron chi connectivity index (χ1n) is 13.8. The van der Waals surface area contributed by atoms with Crippen LogP contribution >= 0.6 is 11.6 Å². The Hall–Kier alpha value is -3.51. The Morgan fingerprint density at radius 1 is 0.976 bits per heavy atom. The number of carbonyl (C=O) groups is 3. The highest BCUT2D eigenvalue weighted by Gasteiger charge is 2.39. The monoisotopic (exact) mass is 619 g/mol. The number of nitrogens with zero attached hydrogens (tertiary/aromatic N) is 3. The van der Waals surface area contributed by atoms with Gasteiger partial charge in [-0.1, -0.05) is 35.9 Å². The topological polar surface area (TPSA) is 128 Å². The Morgan fingerprint density at radius 3 is 2.19 bits per heavy atom. The zero-order chi connectivity index (χ0) is 30.7. The van der Waals surface area contributed by atoms with Gasteiger partial charge in [-0.15, -0.1) is 0 Å². The van der Waals surface area contributed by atoms with Crippen LogP contribution in [0.2, 0.25) is 5.02 Å². The van der Waals surface area contributed by atoms with Crippen molar-refractivity contribution in [2.75, 3.05) is 55.1 Å². The van der Waals surface area contributed by atoms with Gasteiger partial charge in [0, 0.05) is 50.7 Å². The lowest BCUT2D eigenvalue weighted by molar-refractivity contribution is -0.139. The minimum absolute atomic E-state index is 0.205. The summed E-state index contributed by atoms with van der Waals surface area (Å²) in [7, 11) is -3.46. The SMILES string of the molecule is CC(C)(C)OC(=O)N1CC(C(=O)NC(Cc2ccc(Cl)cc2)C(=O)N2CCN(c3ccccc3NS(C)(=O)=O)CC2)C1. The van der Waals surface area contributed by atoms with Crippen LogP contribution in [0.15, 0.2) is 48.5 Å². The molecule has 4 rings (SSSR count). The molecule has 2 aliphatic heterocycles. The van der Waals surface area contributed by atoms with Crippen LogP contribution in [0.5, 0.6) is 0 Å². The smallest absolute Gasteiger partial charge is 0.410 e. The zero-order valence-electron chi connectivity index (χ0n) is 24.3. The Morgan fingerprint density at radius 2 is 1.60 bits per heavy atom. The van der Waals surface area contributed by atoms with Crippen molar-refractivity contribution in [2.45, 2.75) is 38.8 Å². The maximum atomic E-state index is 13.8. The van der Waals surface area contributed by atoms with Gasteiger partial charge in [-0.2, -0.15) is 0 Å². The second kappa shape index (κ2) is 12.8. The van der Waals surface area contributed by atoms with Crippen molar-refractivity contribution in [1.82, 2.24) is 15.1 Å². The molecule has 0 saturated carbocycles. The van der Waals surface area contributed by atoms with Gasteiger partial charge in [0.1, 0.15) is 11.6 Å². The highest BCUT2D eigenvalue weighted by molar-refractivity contribution is 7.92. The molecular weight excluding hydrogens is 582 g/mol. The third-order valence-electron chi connectivity index (χ3n) is 7.00. The first-order chi connectivity index (χ1) is 19.7. The number of carbonyl (C=O) groups excluding carboxylic acids is 3. The molecule has 2 N–H and O–H groups in total. The number of halogens is 1. The Balaban J connectivity index is 1.41. The summed E-state index contributed by atoms with van der Waals surface area (Å²) in [6.45, 7) is 7.58. The van der Waals surface area contributed by atoms with Gasteiger partial charge in [0.05, 0.1) is 23.5 Å². The van der Waals surface area contributed by atoms with E-state index in [0.717, 1.165) is 17.5 Å². The van der Waals surface area contributed by atoms with Crippen molar-refractivity contribution >= 4 is 50.9 Å². The fraction of sp³-hybridized carbons (Fsp3) is 0.483. The second-order valence-electron chi connectivity index (χ2n) is 11.7. The van der Waals surface area contributed by atoms with E-state index in [0.29, 0.717) is 36.9 Å². The lowest BCUT2D eigenvalue weighted by Gasteiger charge is -2.40. The van der Waals surface area contributed by atoms with E-state index in [9.17, 15) is 22.8 Å². The van der Waals surface area contributed by atoms with Crippen LogP contribution in [0.4, 0.5) is 16.2 Å². The number of likely N-dealkylation sites (tertiary alicyclic amines) is 1. The molecule has 0 aromatic heterocycles. The van der Waals surface area contributed by atoms with Crippen molar-refractivity contribution in [3.63, 3.8) is 0 Å². The van der Waals surface area contributed by atoms with Gasteiger partial charge in [-0.3, -0.25) is 14.3 Å². The van der Waals surface area contributed by atoms with E-state index in [1.54, 1.807) is 49.9 Å². The molecule has 13 heteroatoms. The van der Waals surface area contributed by atoms with Gasteiger partial charge in [0.25, 0.3) is 0 Å². The molecule has 1 unspecified atom stereocenters. The minimum Gasteiger partial charge on any atom is -0.444 e. The van der Waals surface area contributed by atoms with Crippen LogP contribution in [-0.2, 0) is 30.8 Å². The summed E-state index contributed by atoms with van der Waals surface area (Å²) in [5.41, 5.74) is 1.44. The third-order valence-corrected chi connectivity index (χ3v) is 7.85. The molecule has 2 saturated heterocycles. The lowest BCUT2D eigenvalue weighted by Crippen LogP contribution is -2.60. The number of anilines is 2. The van der Waals surface area contributed by atoms with Gasteiger partial charge >= 0.3 is 6.09 Å². The molecule has 0 spiro atoms. The van der Waals surface area contributed by atoms with Gasteiger partial charge in [0.2, 0.25) is 21.8 Å². The average molecular weight is 620 g/mol. The van der Waals surface area contributed by atoms with Gasteiger partial charge in [0.15, 0.2) is 0 Å². The van der Waals surface area contributed by atoms with Gasteiger partial charge in [-0.05, 0) is 50.6 Å². The van der Waals surface area contributed by atoms with E-state index >= 15 is 0 Å². The second-order valence-corrected chi connectivity index (χ2v) is 13.9. The predicted molar refractivity (Wildman–Crippen MR) is 162 cm³/mol. The van der Waals surface area contributed by atoms with E-state index in [1.165, 1.54) is 4.90 Å². The maximum absolute atomic E-state index is 13.8. The summed E-state index contributed by atoms with van der Waals surface area (Å²) < 4.78 is 31.6. The first kappa shape index (κ1) is 31.4. The standard InChI is InChI=1S/C29H38ClN5O6S/c1-29(2,3)41-28(38)35-18-21(19-35)26(36)31-24(17-20-9-11-22(30)12-10-20)27(37)34-15-13-33(14-16-34)25-8-6-5-7-23(25)32-42(4,39)40/h5-12,21,24,32H,13-19H2,1-4H3,(H,31,36). The summed E-state index contributed by atoms with van der Waals surface area (Å²) in [6.07, 6.45) is 0.922. The number of sulfonamides is 1. The van der Waals surface area contributed by atoms with Crippen molar-refractivity contribution in [3.05, 3.63) is 59.1 Å². The van der Waals surface area contributed by atoms with Crippen molar-refractivity contribution in [1.29, 1.82) is 0 Å². The van der Waals surface area contributed by atoms with E-state index in [-0.39, 0.29) is 31.3 Å². The fourth-order valence-electron chi connectivity index (χ4n) is 4.89. The van der Waals surface area contributed by atoms with Gasteiger partial charge < -0.3 is 24.8 Å². The normalized spacial score (nSPS) is 16.8. The number of benzene rings is 2. The predicted octanol–water partition coefficient (Wildman–Crippen LogP) is 2.95. The highest BCUT2D eigenvalue weighted by atomic mass is 35.5. The molecule has 2 aromatic carbocycles. The molecule has 0 radical (unpaired) electrons. The van der Waals surface area contributed by atoms with E-state index in [2.05, 4.69) is 10.0 Å². The highest BCUT2D eigenvalue weighted by Crippen LogP contribution is 2.28. The number of ether oxygens (including phenoxy) is 1. The van der Waals surface area contributed by atoms with E-state index in [1.807, 2.05) is 29.2 Å². The number of hydrogen-bond acceptors (Lipinski definition) is 7. The summed E-state index contributed by atoms with van der Waals surface area (Å²) in [5.74, 6) is -0.931. The molecule has 2 heterocycles. The largest absolute Gasteiger partial charge is 0.444 e. The van der Waals surface area contributed by atoms with E-state index in [4.69, 9.17) is 16.3 Å². The quantitative estimate of drug-likeness (QED) is 0.465. The van der Waals surface area contributed by atoms with Crippen LogP contribution in [0, 0.1) is 5.92 Å². The van der Waals surface area contributed by atoms with Crippen LogP contribution in [0.3, 0.4) is 0 Å². The fourth-order valence-corrected chi connectivity index (χ4v) is 5.59. The molecular formula is C29H38ClN5O6S. The van der Waals surface area contributed by atoms with Crippen LogP contribution in [-0.4, -0.2) is 93.3 Å². The third kappa shape index (κ3) is 8.51. The maximum Gasteiger partial charge on any atom is 0.410 e. The molecule has 0 aliphatic carbocycles. The van der Waals surface area contributed by atoms with E-state index < -0.39 is 33.7 Å². The molecule has 0 bridgehead atoms. The number of nitrogens with one attached hydrogen (secondary N) is 2. The molecule has 2 aliphatic rings. The number of para-hydroxylation sites is 2. The molecule has 3 amide bonds. The Labute approximate surface area is 252 Å². The van der Waals surface area contributed by atoms with Gasteiger partial charge in [-0.25, -0.2) is 13.2 Å². The molecule has 42 heavy (non-hydrogen) atoms. The van der Waals surface area contributed by atoms with Crippen molar-refractivity contribution in [3.8, 4) is 0 Å². The average Bonchev–Trinajstić information content (AvgIpc) is 2.87. The molecule has 1 atom stereocenters. The summed E-state index contributed by atoms with van der Waals surface area (Å²) in [4.78, 5) is 44.4. The first-order valence-corrected chi connectivity index (χ1v) is 16.1. The molecule has 2 aromatic rings. The minimum atomic E-state index is -3.46. The van der Waals surface area contributed by atoms with Crippen LogP contribution < -0.4 is 14.9 Å². The Bertz CT molecular complexity index is 1400. The Kier molecular flexibility index (Phi) is 9.56. The molecule has 228 valence electrons. The molecule has 11 nitrogen and oxygen atoms in total.